The van der Waals surface area contributed by atoms with Crippen LogP contribution in [0.4, 0.5) is 0 Å². The highest BCUT2D eigenvalue weighted by molar-refractivity contribution is 5.99. The summed E-state index contributed by atoms with van der Waals surface area (Å²) in [5, 5.41) is 6.12. The van der Waals surface area contributed by atoms with Gasteiger partial charge < -0.3 is 4.42 Å². The fourth-order valence-corrected chi connectivity index (χ4v) is 2.33. The predicted molar refractivity (Wildman–Crippen MR) is 87.2 cm³/mol. The monoisotopic (exact) mass is 292 g/mol. The number of rotatable bonds is 3. The highest BCUT2D eigenvalue weighted by Gasteiger charge is 2.05. The fourth-order valence-electron chi connectivity index (χ4n) is 2.33. The molecule has 0 aliphatic heterocycles. The predicted octanol–water partition coefficient (Wildman–Crippen LogP) is 3.81. The molecular formula is C18H16N2O2. The molecule has 1 aromatic heterocycles. The number of nitrogens with one attached hydrogen (secondary N) is 1. The van der Waals surface area contributed by atoms with Gasteiger partial charge in [0.1, 0.15) is 11.5 Å². The van der Waals surface area contributed by atoms with E-state index in [1.54, 1.807) is 12.3 Å². The summed E-state index contributed by atoms with van der Waals surface area (Å²) in [5.41, 5.74) is 3.97. The number of furan rings is 1. The van der Waals surface area contributed by atoms with Gasteiger partial charge in [-0.25, -0.2) is 5.43 Å². The van der Waals surface area contributed by atoms with E-state index in [2.05, 4.69) is 10.5 Å². The second-order valence-corrected chi connectivity index (χ2v) is 5.13. The number of aryl methyl sites for hydroxylation is 2. The normalized spacial score (nSPS) is 11.2. The summed E-state index contributed by atoms with van der Waals surface area (Å²) in [6.07, 6.45) is 1.59. The molecule has 0 aliphatic carbocycles. The van der Waals surface area contributed by atoms with Gasteiger partial charge in [0, 0.05) is 11.1 Å². The van der Waals surface area contributed by atoms with Crippen LogP contribution in [0, 0.1) is 13.8 Å². The molecule has 3 rings (SSSR count). The maximum Gasteiger partial charge on any atom is 0.271 e. The zero-order valence-corrected chi connectivity index (χ0v) is 12.5. The van der Waals surface area contributed by atoms with Gasteiger partial charge in [-0.3, -0.25) is 4.79 Å². The smallest absolute Gasteiger partial charge is 0.271 e. The van der Waals surface area contributed by atoms with Gasteiger partial charge in [-0.15, -0.1) is 0 Å². The van der Waals surface area contributed by atoms with E-state index in [-0.39, 0.29) is 5.91 Å². The molecule has 0 bridgehead atoms. The van der Waals surface area contributed by atoms with E-state index in [4.69, 9.17) is 4.42 Å². The molecule has 1 amide bonds. The van der Waals surface area contributed by atoms with Gasteiger partial charge in [-0.1, -0.05) is 30.3 Å². The molecule has 0 atom stereocenters. The highest BCUT2D eigenvalue weighted by Crippen LogP contribution is 2.15. The lowest BCUT2D eigenvalue weighted by molar-refractivity contribution is 0.0955. The topological polar surface area (TPSA) is 54.6 Å². The lowest BCUT2D eigenvalue weighted by Gasteiger charge is -2.02. The molecular weight excluding hydrogens is 276 g/mol. The average molecular weight is 292 g/mol. The molecule has 110 valence electrons. The third-order valence-corrected chi connectivity index (χ3v) is 3.46. The maximum absolute atomic E-state index is 12.1. The summed E-state index contributed by atoms with van der Waals surface area (Å²) < 4.78 is 5.40. The molecule has 0 saturated heterocycles. The summed E-state index contributed by atoms with van der Waals surface area (Å²) in [4.78, 5) is 12.1. The van der Waals surface area contributed by atoms with Crippen LogP contribution in [0.3, 0.4) is 0 Å². The number of carbonyl (C=O) groups is 1. The lowest BCUT2D eigenvalue weighted by atomic mass is 10.1. The van der Waals surface area contributed by atoms with Gasteiger partial charge in [0.2, 0.25) is 0 Å². The first-order valence-electron chi connectivity index (χ1n) is 7.03. The minimum Gasteiger partial charge on any atom is -0.466 e. The van der Waals surface area contributed by atoms with Crippen molar-refractivity contribution < 1.29 is 9.21 Å². The van der Waals surface area contributed by atoms with Crippen molar-refractivity contribution in [2.45, 2.75) is 13.8 Å². The van der Waals surface area contributed by atoms with Gasteiger partial charge in [-0.2, -0.15) is 5.10 Å². The number of benzene rings is 2. The minimum absolute atomic E-state index is 0.236. The van der Waals surface area contributed by atoms with Crippen LogP contribution in [0.5, 0.6) is 0 Å². The molecule has 4 heteroatoms. The molecule has 1 heterocycles. The molecule has 4 nitrogen and oxygen atoms in total. The molecule has 2 aromatic carbocycles. The van der Waals surface area contributed by atoms with E-state index in [1.807, 2.05) is 56.3 Å². The standard InChI is InChI=1S/C18H16N2O2/c1-12-9-17(13(2)22-12)11-19-20-18(21)16-8-7-14-5-3-4-6-15(14)10-16/h3-11H,1-2H3,(H,20,21)/b19-11+. The first kappa shape index (κ1) is 14.1. The Morgan fingerprint density at radius 3 is 2.59 bits per heavy atom. The maximum atomic E-state index is 12.1. The van der Waals surface area contributed by atoms with E-state index in [0.29, 0.717) is 5.56 Å². The summed E-state index contributed by atoms with van der Waals surface area (Å²) >= 11 is 0. The van der Waals surface area contributed by atoms with Crippen molar-refractivity contribution in [3.05, 3.63) is 71.2 Å². The van der Waals surface area contributed by atoms with E-state index in [9.17, 15) is 4.79 Å². The Hall–Kier alpha value is -2.88. The Morgan fingerprint density at radius 2 is 1.86 bits per heavy atom. The molecule has 0 spiro atoms. The Bertz CT molecular complexity index is 862. The van der Waals surface area contributed by atoms with Crippen molar-refractivity contribution in [3.63, 3.8) is 0 Å². The van der Waals surface area contributed by atoms with Crippen LogP contribution in [0.1, 0.15) is 27.4 Å². The number of hydrogen-bond donors (Lipinski definition) is 1. The lowest BCUT2D eigenvalue weighted by Crippen LogP contribution is -2.17. The van der Waals surface area contributed by atoms with Crippen LogP contribution >= 0.6 is 0 Å². The van der Waals surface area contributed by atoms with Crippen molar-refractivity contribution in [2.24, 2.45) is 5.10 Å². The summed E-state index contributed by atoms with van der Waals surface area (Å²) in [7, 11) is 0. The molecule has 0 saturated carbocycles. The molecule has 3 aromatic rings. The number of carbonyl (C=O) groups excluding carboxylic acids is 1. The minimum atomic E-state index is -0.236. The number of fused-ring (bicyclic) bond motifs is 1. The van der Waals surface area contributed by atoms with Gasteiger partial charge in [0.05, 0.1) is 6.21 Å². The van der Waals surface area contributed by atoms with E-state index >= 15 is 0 Å². The van der Waals surface area contributed by atoms with E-state index in [0.717, 1.165) is 27.9 Å². The molecule has 0 radical (unpaired) electrons. The quantitative estimate of drug-likeness (QED) is 0.589. The van der Waals surface area contributed by atoms with Crippen molar-refractivity contribution in [3.8, 4) is 0 Å². The molecule has 0 unspecified atom stereocenters. The van der Waals surface area contributed by atoms with E-state index in [1.165, 1.54) is 0 Å². The Labute approximate surface area is 128 Å². The summed E-state index contributed by atoms with van der Waals surface area (Å²) in [5.74, 6) is 1.36. The Kier molecular flexibility index (Phi) is 3.74. The van der Waals surface area contributed by atoms with E-state index < -0.39 is 0 Å². The Morgan fingerprint density at radius 1 is 1.09 bits per heavy atom. The summed E-state index contributed by atoms with van der Waals surface area (Å²) in [6.45, 7) is 3.73. The molecule has 22 heavy (non-hydrogen) atoms. The van der Waals surface area contributed by atoms with Gasteiger partial charge >= 0.3 is 0 Å². The van der Waals surface area contributed by atoms with Crippen molar-refractivity contribution in [1.82, 2.24) is 5.43 Å². The second-order valence-electron chi connectivity index (χ2n) is 5.13. The molecule has 1 N–H and O–H groups in total. The van der Waals surface area contributed by atoms with Crippen LogP contribution in [-0.4, -0.2) is 12.1 Å². The molecule has 0 aliphatic rings. The summed E-state index contributed by atoms with van der Waals surface area (Å²) in [6, 6.07) is 15.4. The first-order chi connectivity index (χ1) is 10.6. The molecule has 0 fully saturated rings. The van der Waals surface area contributed by atoms with Crippen molar-refractivity contribution in [1.29, 1.82) is 0 Å². The van der Waals surface area contributed by atoms with Gasteiger partial charge in [0.15, 0.2) is 0 Å². The number of hydrogen-bond acceptors (Lipinski definition) is 3. The average Bonchev–Trinajstić information content (AvgIpc) is 2.84. The second kappa shape index (κ2) is 5.85. The first-order valence-corrected chi connectivity index (χ1v) is 7.03. The number of amides is 1. The largest absolute Gasteiger partial charge is 0.466 e. The van der Waals surface area contributed by atoms with Crippen LogP contribution in [0.25, 0.3) is 10.8 Å². The third kappa shape index (κ3) is 2.91. The van der Waals surface area contributed by atoms with Gasteiger partial charge in [0.25, 0.3) is 5.91 Å². The van der Waals surface area contributed by atoms with Crippen molar-refractivity contribution >= 4 is 22.9 Å². The van der Waals surface area contributed by atoms with Crippen LogP contribution < -0.4 is 5.43 Å². The third-order valence-electron chi connectivity index (χ3n) is 3.46. The Balaban J connectivity index is 1.74. The zero-order valence-electron chi connectivity index (χ0n) is 12.5. The zero-order chi connectivity index (χ0) is 15.5. The number of hydrazone groups is 1. The van der Waals surface area contributed by atoms with Crippen LogP contribution in [0.2, 0.25) is 0 Å². The van der Waals surface area contributed by atoms with Crippen LogP contribution in [0.15, 0.2) is 58.0 Å². The number of nitrogens with zero attached hydrogens (tertiary/aromatic N) is 1. The SMILES string of the molecule is Cc1cc(/C=N/NC(=O)c2ccc3ccccc3c2)c(C)o1. The van der Waals surface area contributed by atoms with Crippen LogP contribution in [-0.2, 0) is 0 Å². The fraction of sp³-hybridized carbons (Fsp3) is 0.111. The highest BCUT2D eigenvalue weighted by atomic mass is 16.3. The van der Waals surface area contributed by atoms with Gasteiger partial charge in [-0.05, 0) is 42.8 Å². The van der Waals surface area contributed by atoms with Crippen molar-refractivity contribution in [2.75, 3.05) is 0 Å².